The van der Waals surface area contributed by atoms with E-state index in [0.29, 0.717) is 41.7 Å². The number of nitrogens with zero attached hydrogens (tertiary/aromatic N) is 9. The number of aryl methyl sites for hydroxylation is 1. The molecular weight excluding hydrogens is 825 g/mol. The van der Waals surface area contributed by atoms with Gasteiger partial charge in [-0.2, -0.15) is 4.98 Å². The molecule has 4 aromatic heterocycles. The van der Waals surface area contributed by atoms with Crippen LogP contribution in [-0.2, 0) is 16.8 Å². The topological polar surface area (TPSA) is 202 Å². The van der Waals surface area contributed by atoms with Gasteiger partial charge in [0.05, 0.1) is 41.6 Å². The third-order valence-corrected chi connectivity index (χ3v) is 12.9. The molecule has 0 saturated carbocycles. The van der Waals surface area contributed by atoms with E-state index in [1.807, 2.05) is 77.2 Å². The number of amides is 4. The van der Waals surface area contributed by atoms with Crippen LogP contribution in [-0.4, -0.2) is 110 Å². The van der Waals surface area contributed by atoms with Crippen molar-refractivity contribution in [3.8, 4) is 22.6 Å². The quantitative estimate of drug-likeness (QED) is 0.116. The number of aromatic amines is 1. The van der Waals surface area contributed by atoms with E-state index < -0.39 is 11.9 Å². The van der Waals surface area contributed by atoms with Crippen LogP contribution in [0.25, 0.3) is 33.7 Å². The van der Waals surface area contributed by atoms with Crippen molar-refractivity contribution in [1.29, 1.82) is 0 Å². The molecule has 3 aliphatic heterocycles. The number of pyridine rings is 1. The number of aromatic nitrogens is 6. The highest BCUT2D eigenvalue weighted by atomic mass is 16.5. The Bertz CT molecular complexity index is 2710. The molecule has 1 atom stereocenters. The van der Waals surface area contributed by atoms with Crippen LogP contribution in [0.2, 0.25) is 0 Å². The lowest BCUT2D eigenvalue weighted by molar-refractivity contribution is -0.120. The Balaban J connectivity index is 0.780. The number of fused-ring (bicyclic) bond motifs is 1. The first kappa shape index (κ1) is 43.5. The van der Waals surface area contributed by atoms with Crippen molar-refractivity contribution in [2.75, 3.05) is 67.1 Å². The van der Waals surface area contributed by atoms with Gasteiger partial charge in [0.15, 0.2) is 0 Å². The maximum Gasteiger partial charge on any atom is 0.328 e. The molecule has 17 heteroatoms. The molecule has 338 valence electrons. The van der Waals surface area contributed by atoms with Crippen molar-refractivity contribution in [3.63, 3.8) is 0 Å². The van der Waals surface area contributed by atoms with Crippen molar-refractivity contribution >= 4 is 45.9 Å². The SMILES string of the molecule is Cc1cc(N2CCC(CN3CCN(c4ccc(-c5cc6c(-c7ccc([C@@H](C)NC(=O)c8noc(C(C)(C)C)n8)c(CO)c7)ncnc6[nH]5)nc4)CC3)CC2)ccc1N1CCC(=O)NC1=O. The standard InChI is InChI=1S/C48H56N12O5/c1-29-22-34(8-11-40(29)60-17-14-41(62)54-47(60)64)58-15-12-31(13-16-58)26-57-18-20-59(21-19-57)35-7-10-38(49-25-35)39-24-37-42(50-28-51-43(37)53-39)32-6-9-36(33(23-32)27-61)30(2)52-45(63)44-55-46(65-56-44)48(3,4)5/h6-11,22-25,28,30-31,61H,12-21,26-27H2,1-5H3,(H,52,63)(H,50,51,53)(H,54,62,64)/t30-/m1/s1. The number of carbonyl (C=O) groups is 3. The molecule has 0 aliphatic carbocycles. The highest BCUT2D eigenvalue weighted by molar-refractivity contribution is 6.06. The molecule has 4 amide bonds. The zero-order valence-electron chi connectivity index (χ0n) is 37.6. The van der Waals surface area contributed by atoms with Gasteiger partial charge in [0.1, 0.15) is 12.0 Å². The maximum atomic E-state index is 13.0. The number of hydrogen-bond donors (Lipinski definition) is 4. The van der Waals surface area contributed by atoms with E-state index >= 15 is 0 Å². The van der Waals surface area contributed by atoms with E-state index in [1.54, 1.807) is 4.90 Å². The number of piperazine rings is 1. The van der Waals surface area contributed by atoms with Gasteiger partial charge in [0.2, 0.25) is 11.8 Å². The predicted octanol–water partition coefficient (Wildman–Crippen LogP) is 6.14. The molecule has 4 N–H and O–H groups in total. The Morgan fingerprint density at radius 1 is 0.923 bits per heavy atom. The van der Waals surface area contributed by atoms with E-state index in [0.717, 1.165) is 103 Å². The minimum Gasteiger partial charge on any atom is -0.392 e. The minimum atomic E-state index is -0.462. The van der Waals surface area contributed by atoms with Gasteiger partial charge in [0.25, 0.3) is 11.7 Å². The fourth-order valence-corrected chi connectivity index (χ4v) is 9.17. The van der Waals surface area contributed by atoms with E-state index in [1.165, 1.54) is 12.0 Å². The van der Waals surface area contributed by atoms with Crippen molar-refractivity contribution in [3.05, 3.63) is 95.5 Å². The molecule has 0 unspecified atom stereocenters. The summed E-state index contributed by atoms with van der Waals surface area (Å²) in [4.78, 5) is 67.8. The first-order chi connectivity index (χ1) is 31.3. The monoisotopic (exact) mass is 880 g/mol. The summed E-state index contributed by atoms with van der Waals surface area (Å²) >= 11 is 0. The second-order valence-electron chi connectivity index (χ2n) is 18.5. The number of rotatable bonds is 11. The zero-order valence-corrected chi connectivity index (χ0v) is 37.6. The maximum absolute atomic E-state index is 13.0. The highest BCUT2D eigenvalue weighted by Crippen LogP contribution is 2.34. The normalized spacial score (nSPS) is 17.2. The number of benzene rings is 2. The van der Waals surface area contributed by atoms with E-state index in [2.05, 4.69) is 68.6 Å². The van der Waals surface area contributed by atoms with E-state index in [-0.39, 0.29) is 29.8 Å². The van der Waals surface area contributed by atoms with Crippen LogP contribution >= 0.6 is 0 Å². The fraction of sp³-hybridized carbons (Fsp3) is 0.417. The number of imide groups is 1. The molecule has 0 spiro atoms. The van der Waals surface area contributed by atoms with Crippen molar-refractivity contribution < 1.29 is 24.0 Å². The van der Waals surface area contributed by atoms with Gasteiger partial charge in [-0.05, 0) is 91.8 Å². The van der Waals surface area contributed by atoms with Gasteiger partial charge in [-0.3, -0.25) is 29.7 Å². The number of aliphatic hydroxyl groups is 1. The van der Waals surface area contributed by atoms with Crippen LogP contribution in [0.4, 0.5) is 21.9 Å². The number of nitrogens with one attached hydrogen (secondary N) is 3. The van der Waals surface area contributed by atoms with Gasteiger partial charge in [-0.25, -0.2) is 14.8 Å². The number of piperidine rings is 1. The summed E-state index contributed by atoms with van der Waals surface area (Å²) in [6, 6.07) is 17.4. The summed E-state index contributed by atoms with van der Waals surface area (Å²) in [6.07, 6.45) is 6.07. The molecule has 3 aliphatic rings. The number of anilines is 3. The second-order valence-corrected chi connectivity index (χ2v) is 18.5. The summed E-state index contributed by atoms with van der Waals surface area (Å²) in [5.41, 5.74) is 9.02. The number of carbonyl (C=O) groups excluding carboxylic acids is 3. The lowest BCUT2D eigenvalue weighted by atomic mass is 9.95. The zero-order chi connectivity index (χ0) is 45.4. The van der Waals surface area contributed by atoms with Crippen LogP contribution in [0, 0.1) is 12.8 Å². The average Bonchev–Trinajstić information content (AvgIpc) is 3.99. The van der Waals surface area contributed by atoms with Gasteiger partial charge in [-0.1, -0.05) is 38.1 Å². The average molecular weight is 881 g/mol. The highest BCUT2D eigenvalue weighted by Gasteiger charge is 2.29. The van der Waals surface area contributed by atoms with Crippen LogP contribution < -0.4 is 25.3 Å². The molecule has 0 radical (unpaired) electrons. The summed E-state index contributed by atoms with van der Waals surface area (Å²) < 4.78 is 5.30. The first-order valence-corrected chi connectivity index (χ1v) is 22.4. The van der Waals surface area contributed by atoms with Crippen LogP contribution in [0.3, 0.4) is 0 Å². The molecule has 0 bridgehead atoms. The molecule has 3 fully saturated rings. The van der Waals surface area contributed by atoms with Gasteiger partial charge < -0.3 is 29.7 Å². The van der Waals surface area contributed by atoms with E-state index in [4.69, 9.17) is 9.51 Å². The first-order valence-electron chi connectivity index (χ1n) is 22.4. The summed E-state index contributed by atoms with van der Waals surface area (Å²) in [7, 11) is 0. The second kappa shape index (κ2) is 18.0. The molecule has 9 rings (SSSR count). The van der Waals surface area contributed by atoms with Crippen molar-refractivity contribution in [2.45, 2.75) is 71.9 Å². The largest absolute Gasteiger partial charge is 0.392 e. The Morgan fingerprint density at radius 2 is 1.69 bits per heavy atom. The van der Waals surface area contributed by atoms with Gasteiger partial charge in [0, 0.05) is 86.5 Å². The van der Waals surface area contributed by atoms with Crippen LogP contribution in [0.1, 0.15) is 86.2 Å². The lowest BCUT2D eigenvalue weighted by Gasteiger charge is -2.40. The summed E-state index contributed by atoms with van der Waals surface area (Å²) in [5.74, 6) is 0.309. The van der Waals surface area contributed by atoms with Crippen molar-refractivity contribution in [1.82, 2.24) is 45.6 Å². The number of H-pyrrole nitrogens is 1. The Morgan fingerprint density at radius 3 is 2.38 bits per heavy atom. The Hall–Kier alpha value is -6.72. The summed E-state index contributed by atoms with van der Waals surface area (Å²) in [5, 5.41) is 20.5. The minimum absolute atomic E-state index is 0.0386. The van der Waals surface area contributed by atoms with Crippen LogP contribution in [0.5, 0.6) is 0 Å². The fourth-order valence-electron chi connectivity index (χ4n) is 9.17. The molecule has 65 heavy (non-hydrogen) atoms. The third kappa shape index (κ3) is 9.29. The summed E-state index contributed by atoms with van der Waals surface area (Å²) in [6.45, 7) is 16.9. The number of hydrogen-bond acceptors (Lipinski definition) is 13. The number of urea groups is 1. The Labute approximate surface area is 377 Å². The van der Waals surface area contributed by atoms with Crippen molar-refractivity contribution in [2.24, 2.45) is 5.92 Å². The molecule has 3 saturated heterocycles. The van der Waals surface area contributed by atoms with E-state index in [9.17, 15) is 19.5 Å². The predicted molar refractivity (Wildman–Crippen MR) is 248 cm³/mol. The smallest absolute Gasteiger partial charge is 0.328 e. The lowest BCUT2D eigenvalue weighted by Crippen LogP contribution is -2.49. The molecule has 6 aromatic rings. The third-order valence-electron chi connectivity index (χ3n) is 12.9. The molecular formula is C48H56N12O5. The van der Waals surface area contributed by atoms with Gasteiger partial charge in [-0.15, -0.1) is 0 Å². The molecule has 17 nitrogen and oxygen atoms in total. The molecule has 7 heterocycles. The van der Waals surface area contributed by atoms with Gasteiger partial charge >= 0.3 is 6.03 Å². The Kier molecular flexibility index (Phi) is 12.1. The van der Waals surface area contributed by atoms with Crippen LogP contribution in [0.15, 0.2) is 71.6 Å². The number of aliphatic hydroxyl groups excluding tert-OH is 1. The molecule has 2 aromatic carbocycles.